The SMILES string of the molecule is C=CCOCC(NC(=O)CCc1ncc(-c2ccccc2F)o1)C(=O)O. The summed E-state index contributed by atoms with van der Waals surface area (Å²) in [6.07, 6.45) is 2.99. The summed E-state index contributed by atoms with van der Waals surface area (Å²) in [4.78, 5) is 27.0. The zero-order chi connectivity index (χ0) is 18.9. The van der Waals surface area contributed by atoms with Crippen LogP contribution in [0.1, 0.15) is 12.3 Å². The smallest absolute Gasteiger partial charge is 0.328 e. The van der Waals surface area contributed by atoms with E-state index in [0.29, 0.717) is 0 Å². The third kappa shape index (κ3) is 5.52. The number of rotatable bonds is 10. The summed E-state index contributed by atoms with van der Waals surface area (Å²) in [5, 5.41) is 11.4. The van der Waals surface area contributed by atoms with Crippen LogP contribution >= 0.6 is 0 Å². The molecule has 0 saturated carbocycles. The molecule has 0 aliphatic rings. The molecule has 8 heteroatoms. The Morgan fingerprint density at radius 2 is 2.19 bits per heavy atom. The summed E-state index contributed by atoms with van der Waals surface area (Å²) in [7, 11) is 0. The maximum absolute atomic E-state index is 13.7. The lowest BCUT2D eigenvalue weighted by Gasteiger charge is -2.13. The fourth-order valence-corrected chi connectivity index (χ4v) is 2.14. The van der Waals surface area contributed by atoms with Gasteiger partial charge >= 0.3 is 5.97 Å². The molecule has 1 unspecified atom stereocenters. The lowest BCUT2D eigenvalue weighted by molar-refractivity contribution is -0.143. The van der Waals surface area contributed by atoms with Crippen molar-refractivity contribution in [2.24, 2.45) is 0 Å². The Morgan fingerprint density at radius 3 is 2.88 bits per heavy atom. The average Bonchev–Trinajstić information content (AvgIpc) is 3.08. The molecule has 1 aromatic heterocycles. The number of hydrogen-bond donors (Lipinski definition) is 2. The van der Waals surface area contributed by atoms with Gasteiger partial charge in [-0.05, 0) is 12.1 Å². The van der Waals surface area contributed by atoms with Gasteiger partial charge in [-0.25, -0.2) is 14.2 Å². The Hall–Kier alpha value is -3.00. The molecule has 7 nitrogen and oxygen atoms in total. The summed E-state index contributed by atoms with van der Waals surface area (Å²) in [5.41, 5.74) is 0.279. The summed E-state index contributed by atoms with van der Waals surface area (Å²) in [6.45, 7) is 3.48. The first-order valence-corrected chi connectivity index (χ1v) is 7.91. The summed E-state index contributed by atoms with van der Waals surface area (Å²) in [6, 6.07) is 4.96. The van der Waals surface area contributed by atoms with Gasteiger partial charge in [0.05, 0.1) is 25.0 Å². The van der Waals surface area contributed by atoms with Gasteiger partial charge in [0.1, 0.15) is 5.82 Å². The number of aromatic nitrogens is 1. The number of aliphatic carboxylic acids is 1. The number of nitrogens with one attached hydrogen (secondary N) is 1. The monoisotopic (exact) mass is 362 g/mol. The van der Waals surface area contributed by atoms with Crippen LogP contribution in [0.2, 0.25) is 0 Å². The lowest BCUT2D eigenvalue weighted by atomic mass is 10.2. The van der Waals surface area contributed by atoms with Crippen LogP contribution in [0.25, 0.3) is 11.3 Å². The van der Waals surface area contributed by atoms with E-state index in [0.717, 1.165) is 0 Å². The molecular formula is C18H19FN2O5. The molecule has 0 bridgehead atoms. The second kappa shape index (κ2) is 9.47. The topological polar surface area (TPSA) is 102 Å². The van der Waals surface area contributed by atoms with Crippen molar-refractivity contribution in [3.63, 3.8) is 0 Å². The van der Waals surface area contributed by atoms with Crippen LogP contribution in [-0.2, 0) is 20.7 Å². The second-order valence-electron chi connectivity index (χ2n) is 5.38. The van der Waals surface area contributed by atoms with Crippen molar-refractivity contribution in [1.29, 1.82) is 0 Å². The molecule has 26 heavy (non-hydrogen) atoms. The highest BCUT2D eigenvalue weighted by Gasteiger charge is 2.20. The minimum absolute atomic E-state index is 0.0253. The second-order valence-corrected chi connectivity index (χ2v) is 5.38. The van der Waals surface area contributed by atoms with Crippen LogP contribution < -0.4 is 5.32 Å². The van der Waals surface area contributed by atoms with Gasteiger partial charge in [0.15, 0.2) is 17.7 Å². The first-order valence-electron chi connectivity index (χ1n) is 7.91. The molecule has 1 heterocycles. The predicted molar refractivity (Wildman–Crippen MR) is 90.8 cm³/mol. The van der Waals surface area contributed by atoms with E-state index >= 15 is 0 Å². The molecule has 1 atom stereocenters. The van der Waals surface area contributed by atoms with Crippen LogP contribution in [0.4, 0.5) is 4.39 Å². The van der Waals surface area contributed by atoms with Crippen molar-refractivity contribution in [2.45, 2.75) is 18.9 Å². The first-order chi connectivity index (χ1) is 12.5. The van der Waals surface area contributed by atoms with Gasteiger partial charge in [-0.15, -0.1) is 6.58 Å². The van der Waals surface area contributed by atoms with Crippen molar-refractivity contribution in [2.75, 3.05) is 13.2 Å². The molecule has 2 N–H and O–H groups in total. The molecular weight excluding hydrogens is 343 g/mol. The summed E-state index contributed by atoms with van der Waals surface area (Å²) in [5.74, 6) is -1.59. The minimum atomic E-state index is -1.19. The number of halogens is 1. The molecule has 0 fully saturated rings. The molecule has 0 aliphatic carbocycles. The highest BCUT2D eigenvalue weighted by molar-refractivity contribution is 5.83. The number of amides is 1. The van der Waals surface area contributed by atoms with E-state index in [1.165, 1.54) is 18.3 Å². The number of benzene rings is 1. The number of carboxylic acids is 1. The molecule has 0 spiro atoms. The third-order valence-electron chi connectivity index (χ3n) is 3.41. The van der Waals surface area contributed by atoms with Gasteiger partial charge in [0.25, 0.3) is 0 Å². The van der Waals surface area contributed by atoms with Crippen LogP contribution in [0.15, 0.2) is 47.5 Å². The molecule has 138 valence electrons. The van der Waals surface area contributed by atoms with E-state index in [1.807, 2.05) is 0 Å². The maximum Gasteiger partial charge on any atom is 0.328 e. The standard InChI is InChI=1S/C18H19FN2O5/c1-2-9-25-11-14(18(23)24)21-16(22)7-8-17-20-10-15(26-17)12-5-3-4-6-13(12)19/h2-6,10,14H,1,7-9,11H2,(H,21,22)(H,23,24). The van der Waals surface area contributed by atoms with Crippen molar-refractivity contribution in [3.05, 3.63) is 54.8 Å². The van der Waals surface area contributed by atoms with Gasteiger partial charge in [0.2, 0.25) is 5.91 Å². The zero-order valence-corrected chi connectivity index (χ0v) is 14.0. The summed E-state index contributed by atoms with van der Waals surface area (Å²) < 4.78 is 24.2. The quantitative estimate of drug-likeness (QED) is 0.496. The number of nitrogens with zero attached hydrogens (tertiary/aromatic N) is 1. The maximum atomic E-state index is 13.7. The highest BCUT2D eigenvalue weighted by Crippen LogP contribution is 2.23. The molecule has 1 aromatic carbocycles. The van der Waals surface area contributed by atoms with Crippen LogP contribution in [0.5, 0.6) is 0 Å². The fourth-order valence-electron chi connectivity index (χ4n) is 2.14. The third-order valence-corrected chi connectivity index (χ3v) is 3.41. The van der Waals surface area contributed by atoms with E-state index in [4.69, 9.17) is 14.3 Å². The Morgan fingerprint density at radius 1 is 1.42 bits per heavy atom. The number of hydrogen-bond acceptors (Lipinski definition) is 5. The van der Waals surface area contributed by atoms with Crippen LogP contribution in [0.3, 0.4) is 0 Å². The first kappa shape index (κ1) is 19.3. The number of carbonyl (C=O) groups is 2. The number of carbonyl (C=O) groups excluding carboxylic acids is 1. The van der Waals surface area contributed by atoms with Crippen LogP contribution in [-0.4, -0.2) is 41.2 Å². The Labute approximate surface area is 149 Å². The molecule has 2 rings (SSSR count). The number of carboxylic acid groups (broad SMARTS) is 1. The van der Waals surface area contributed by atoms with Crippen molar-refractivity contribution < 1.29 is 28.2 Å². The van der Waals surface area contributed by atoms with Gasteiger partial charge in [0, 0.05) is 12.8 Å². The zero-order valence-electron chi connectivity index (χ0n) is 14.0. The molecule has 1 amide bonds. The van der Waals surface area contributed by atoms with Crippen molar-refractivity contribution in [1.82, 2.24) is 10.3 Å². The Balaban J connectivity index is 1.88. The minimum Gasteiger partial charge on any atom is -0.480 e. The Bertz CT molecular complexity index is 774. The summed E-state index contributed by atoms with van der Waals surface area (Å²) >= 11 is 0. The van der Waals surface area contributed by atoms with E-state index in [-0.39, 0.29) is 43.3 Å². The molecule has 0 radical (unpaired) electrons. The highest BCUT2D eigenvalue weighted by atomic mass is 19.1. The van der Waals surface area contributed by atoms with Crippen LogP contribution in [0, 0.1) is 5.82 Å². The molecule has 0 saturated heterocycles. The normalized spacial score (nSPS) is 11.7. The Kier molecular flexibility index (Phi) is 7.04. The van der Waals surface area contributed by atoms with E-state index < -0.39 is 23.7 Å². The van der Waals surface area contributed by atoms with Gasteiger partial charge in [-0.3, -0.25) is 4.79 Å². The van der Waals surface area contributed by atoms with Gasteiger partial charge in [-0.2, -0.15) is 0 Å². The molecule has 0 aliphatic heterocycles. The van der Waals surface area contributed by atoms with E-state index in [9.17, 15) is 14.0 Å². The van der Waals surface area contributed by atoms with Crippen molar-refractivity contribution >= 4 is 11.9 Å². The number of oxazole rings is 1. The largest absolute Gasteiger partial charge is 0.480 e. The van der Waals surface area contributed by atoms with E-state index in [2.05, 4.69) is 16.9 Å². The van der Waals surface area contributed by atoms with Gasteiger partial charge < -0.3 is 19.6 Å². The lowest BCUT2D eigenvalue weighted by Crippen LogP contribution is -2.44. The molecule has 2 aromatic rings. The average molecular weight is 362 g/mol. The number of aryl methyl sites for hydroxylation is 1. The van der Waals surface area contributed by atoms with Gasteiger partial charge in [-0.1, -0.05) is 18.2 Å². The van der Waals surface area contributed by atoms with Crippen molar-refractivity contribution in [3.8, 4) is 11.3 Å². The number of ether oxygens (including phenoxy) is 1. The fraction of sp³-hybridized carbons (Fsp3) is 0.278. The predicted octanol–water partition coefficient (Wildman–Crippen LogP) is 2.19. The van der Waals surface area contributed by atoms with E-state index in [1.54, 1.807) is 18.2 Å².